The van der Waals surface area contributed by atoms with Gasteiger partial charge in [-0.05, 0) is 51.0 Å². The van der Waals surface area contributed by atoms with Crippen LogP contribution in [-0.2, 0) is 17.8 Å². The van der Waals surface area contributed by atoms with Crippen LogP contribution in [0.25, 0.3) is 11.4 Å². The Labute approximate surface area is 176 Å². The maximum absolute atomic E-state index is 12.2. The van der Waals surface area contributed by atoms with Gasteiger partial charge in [-0.1, -0.05) is 35.0 Å². The highest BCUT2D eigenvalue weighted by atomic mass is 16.5. The second-order valence-corrected chi connectivity index (χ2v) is 6.81. The van der Waals surface area contributed by atoms with Crippen molar-refractivity contribution in [2.24, 2.45) is 0 Å². The van der Waals surface area contributed by atoms with E-state index in [1.54, 1.807) is 0 Å². The van der Waals surface area contributed by atoms with Gasteiger partial charge in [-0.15, -0.1) is 0 Å². The van der Waals surface area contributed by atoms with E-state index in [2.05, 4.69) is 15.5 Å². The van der Waals surface area contributed by atoms with Crippen molar-refractivity contribution >= 4 is 5.91 Å². The molecule has 1 aromatic heterocycles. The van der Waals surface area contributed by atoms with Crippen molar-refractivity contribution in [1.29, 1.82) is 0 Å². The molecule has 3 aromatic rings. The minimum absolute atomic E-state index is 0.0860. The van der Waals surface area contributed by atoms with E-state index in [9.17, 15) is 4.79 Å². The number of hydrogen-bond acceptors (Lipinski definition) is 6. The molecule has 1 heterocycles. The molecule has 158 valence electrons. The third kappa shape index (κ3) is 5.83. The highest BCUT2D eigenvalue weighted by Gasteiger charge is 2.11. The molecular formula is C23H27N3O4. The molecule has 0 bridgehead atoms. The number of aryl methyl sites for hydroxylation is 2. The van der Waals surface area contributed by atoms with Crippen LogP contribution in [0.5, 0.6) is 11.5 Å². The molecule has 0 atom stereocenters. The molecule has 0 aliphatic carbocycles. The Bertz CT molecular complexity index is 984. The van der Waals surface area contributed by atoms with E-state index < -0.39 is 0 Å². The Morgan fingerprint density at radius 2 is 1.87 bits per heavy atom. The number of benzene rings is 2. The molecular weight excluding hydrogens is 382 g/mol. The van der Waals surface area contributed by atoms with Gasteiger partial charge in [0.05, 0.1) is 19.8 Å². The minimum Gasteiger partial charge on any atom is -0.490 e. The zero-order valence-corrected chi connectivity index (χ0v) is 17.6. The lowest BCUT2D eigenvalue weighted by atomic mass is 10.1. The van der Waals surface area contributed by atoms with Gasteiger partial charge in [-0.2, -0.15) is 4.98 Å². The summed E-state index contributed by atoms with van der Waals surface area (Å²) >= 11 is 0. The molecule has 7 nitrogen and oxygen atoms in total. The number of amides is 1. The molecule has 1 N–H and O–H groups in total. The van der Waals surface area contributed by atoms with Crippen LogP contribution in [-0.4, -0.2) is 29.3 Å². The predicted octanol–water partition coefficient (Wildman–Crippen LogP) is 4.09. The minimum atomic E-state index is -0.0860. The maximum atomic E-state index is 12.2. The van der Waals surface area contributed by atoms with Gasteiger partial charge in [-0.25, -0.2) is 0 Å². The van der Waals surface area contributed by atoms with Crippen LogP contribution in [0.3, 0.4) is 0 Å². The molecule has 0 fully saturated rings. The maximum Gasteiger partial charge on any atom is 0.246 e. The van der Waals surface area contributed by atoms with E-state index in [-0.39, 0.29) is 12.5 Å². The molecule has 30 heavy (non-hydrogen) atoms. The highest BCUT2D eigenvalue weighted by Crippen LogP contribution is 2.29. The highest BCUT2D eigenvalue weighted by molar-refractivity contribution is 5.76. The van der Waals surface area contributed by atoms with Crippen molar-refractivity contribution in [2.75, 3.05) is 13.2 Å². The zero-order valence-electron chi connectivity index (χ0n) is 17.6. The van der Waals surface area contributed by atoms with Crippen molar-refractivity contribution in [3.8, 4) is 22.9 Å². The van der Waals surface area contributed by atoms with Crippen molar-refractivity contribution < 1.29 is 18.8 Å². The van der Waals surface area contributed by atoms with Gasteiger partial charge in [-0.3, -0.25) is 4.79 Å². The first-order valence-corrected chi connectivity index (χ1v) is 10.1. The summed E-state index contributed by atoms with van der Waals surface area (Å²) in [7, 11) is 0. The third-order valence-corrected chi connectivity index (χ3v) is 4.43. The Balaban J connectivity index is 1.51. The number of nitrogens with one attached hydrogen (secondary N) is 1. The smallest absolute Gasteiger partial charge is 0.246 e. The summed E-state index contributed by atoms with van der Waals surface area (Å²) < 4.78 is 16.5. The lowest BCUT2D eigenvalue weighted by Crippen LogP contribution is -2.23. The number of rotatable bonds is 10. The molecule has 7 heteroatoms. The first-order chi connectivity index (χ1) is 14.6. The second kappa shape index (κ2) is 10.4. The van der Waals surface area contributed by atoms with Crippen molar-refractivity contribution in [3.63, 3.8) is 0 Å². The Morgan fingerprint density at radius 1 is 1.07 bits per heavy atom. The fraction of sp³-hybridized carbons (Fsp3) is 0.348. The predicted molar refractivity (Wildman–Crippen MR) is 113 cm³/mol. The standard InChI is InChI=1S/C23H27N3O4/c1-4-28-19-11-9-17(14-20(19)29-5-2)10-12-21(27)24-15-22-25-23(26-30-22)18-8-6-7-16(3)13-18/h6-9,11,13-14H,4-5,10,12,15H2,1-3H3,(H,24,27). The molecule has 0 aliphatic heterocycles. The van der Waals surface area contributed by atoms with Crippen LogP contribution in [0.15, 0.2) is 47.0 Å². The number of hydrogen-bond donors (Lipinski definition) is 1. The summed E-state index contributed by atoms with van der Waals surface area (Å²) in [5.74, 6) is 2.22. The van der Waals surface area contributed by atoms with Gasteiger partial charge < -0.3 is 19.3 Å². The van der Waals surface area contributed by atoms with Gasteiger partial charge in [0.15, 0.2) is 11.5 Å². The normalized spacial score (nSPS) is 10.6. The Hall–Kier alpha value is -3.35. The van der Waals surface area contributed by atoms with Crippen LogP contribution in [0, 0.1) is 6.92 Å². The van der Waals surface area contributed by atoms with Crippen molar-refractivity contribution in [3.05, 3.63) is 59.5 Å². The quantitative estimate of drug-likeness (QED) is 0.543. The average molecular weight is 409 g/mol. The van der Waals surface area contributed by atoms with E-state index in [0.29, 0.717) is 49.3 Å². The topological polar surface area (TPSA) is 86.5 Å². The molecule has 2 aromatic carbocycles. The summed E-state index contributed by atoms with van der Waals surface area (Å²) in [4.78, 5) is 16.6. The summed E-state index contributed by atoms with van der Waals surface area (Å²) in [6.45, 7) is 7.19. The second-order valence-electron chi connectivity index (χ2n) is 6.81. The van der Waals surface area contributed by atoms with Gasteiger partial charge in [0.1, 0.15) is 0 Å². The lowest BCUT2D eigenvalue weighted by molar-refractivity contribution is -0.121. The van der Waals surface area contributed by atoms with Gasteiger partial charge in [0, 0.05) is 12.0 Å². The molecule has 1 amide bonds. The molecule has 0 radical (unpaired) electrons. The number of carbonyl (C=O) groups excluding carboxylic acids is 1. The van der Waals surface area contributed by atoms with Gasteiger partial charge >= 0.3 is 0 Å². The largest absolute Gasteiger partial charge is 0.490 e. The summed E-state index contributed by atoms with van der Waals surface area (Å²) in [5, 5.41) is 6.81. The van der Waals surface area contributed by atoms with Crippen LogP contribution >= 0.6 is 0 Å². The molecule has 0 aliphatic rings. The fourth-order valence-corrected chi connectivity index (χ4v) is 3.00. The summed E-state index contributed by atoms with van der Waals surface area (Å²) in [6.07, 6.45) is 0.940. The number of nitrogens with zero attached hydrogens (tertiary/aromatic N) is 2. The number of aromatic nitrogens is 2. The zero-order chi connectivity index (χ0) is 21.3. The molecule has 3 rings (SSSR count). The van der Waals surface area contributed by atoms with E-state index in [1.165, 1.54) is 0 Å². The lowest BCUT2D eigenvalue weighted by Gasteiger charge is -2.12. The SMILES string of the molecule is CCOc1ccc(CCC(=O)NCc2nc(-c3cccc(C)c3)no2)cc1OCC. The first-order valence-electron chi connectivity index (χ1n) is 10.1. The van der Waals surface area contributed by atoms with E-state index >= 15 is 0 Å². The summed E-state index contributed by atoms with van der Waals surface area (Å²) in [6, 6.07) is 13.6. The van der Waals surface area contributed by atoms with E-state index in [0.717, 1.165) is 16.7 Å². The Morgan fingerprint density at radius 3 is 2.63 bits per heavy atom. The fourth-order valence-electron chi connectivity index (χ4n) is 3.00. The van der Waals surface area contributed by atoms with Crippen LogP contribution < -0.4 is 14.8 Å². The van der Waals surface area contributed by atoms with Gasteiger partial charge in [0.2, 0.25) is 17.6 Å². The molecule has 0 spiro atoms. The van der Waals surface area contributed by atoms with Gasteiger partial charge in [0.25, 0.3) is 0 Å². The van der Waals surface area contributed by atoms with Crippen LogP contribution in [0.4, 0.5) is 0 Å². The van der Waals surface area contributed by atoms with E-state index in [4.69, 9.17) is 14.0 Å². The van der Waals surface area contributed by atoms with E-state index in [1.807, 2.05) is 63.2 Å². The monoisotopic (exact) mass is 409 g/mol. The van der Waals surface area contributed by atoms with Crippen molar-refractivity contribution in [2.45, 2.75) is 40.2 Å². The van der Waals surface area contributed by atoms with Crippen LogP contribution in [0.1, 0.15) is 37.3 Å². The van der Waals surface area contributed by atoms with Crippen LogP contribution in [0.2, 0.25) is 0 Å². The molecule has 0 saturated heterocycles. The summed E-state index contributed by atoms with van der Waals surface area (Å²) in [5.41, 5.74) is 3.02. The molecule has 0 saturated carbocycles. The van der Waals surface area contributed by atoms with Crippen molar-refractivity contribution in [1.82, 2.24) is 15.5 Å². The number of ether oxygens (including phenoxy) is 2. The third-order valence-electron chi connectivity index (χ3n) is 4.43. The Kier molecular flexibility index (Phi) is 7.43. The number of carbonyl (C=O) groups is 1. The first kappa shape index (κ1) is 21.4. The molecule has 0 unspecified atom stereocenters. The average Bonchev–Trinajstić information content (AvgIpc) is 3.22.